The third kappa shape index (κ3) is 3.79. The fourth-order valence-corrected chi connectivity index (χ4v) is 3.24. The number of nitriles is 1. The van der Waals surface area contributed by atoms with Gasteiger partial charge in [-0.2, -0.15) is 10.4 Å². The summed E-state index contributed by atoms with van der Waals surface area (Å²) in [6.45, 7) is 4.94. The van der Waals surface area contributed by atoms with Gasteiger partial charge in [-0.25, -0.2) is 9.50 Å². The van der Waals surface area contributed by atoms with Crippen molar-refractivity contribution in [2.24, 2.45) is 5.92 Å². The maximum Gasteiger partial charge on any atom is 0.302 e. The number of ether oxygens (including phenoxy) is 2. The number of fused-ring (bicyclic) bond motifs is 1. The van der Waals surface area contributed by atoms with Gasteiger partial charge in [-0.1, -0.05) is 13.8 Å². The van der Waals surface area contributed by atoms with Crippen molar-refractivity contribution in [1.29, 1.82) is 5.26 Å². The smallest absolute Gasteiger partial charge is 0.302 e. The van der Waals surface area contributed by atoms with Crippen LogP contribution in [0.25, 0.3) is 5.52 Å². The van der Waals surface area contributed by atoms with Crippen molar-refractivity contribution in [3.8, 4) is 6.07 Å². The van der Waals surface area contributed by atoms with Gasteiger partial charge in [0.15, 0.2) is 5.82 Å². The van der Waals surface area contributed by atoms with E-state index in [4.69, 9.17) is 9.47 Å². The van der Waals surface area contributed by atoms with Crippen LogP contribution in [0, 0.1) is 17.2 Å². The number of carbonyl (C=O) groups is 2. The number of nitrogens with zero attached hydrogens (tertiary/aromatic N) is 4. The quantitative estimate of drug-likeness (QED) is 0.687. The number of esters is 1. The van der Waals surface area contributed by atoms with E-state index in [-0.39, 0.29) is 24.9 Å². The van der Waals surface area contributed by atoms with Gasteiger partial charge in [0.05, 0.1) is 11.8 Å². The lowest BCUT2D eigenvalue weighted by atomic mass is 9.94. The van der Waals surface area contributed by atoms with Crippen molar-refractivity contribution in [2.45, 2.75) is 51.4 Å². The lowest BCUT2D eigenvalue weighted by Crippen LogP contribution is -2.36. The zero-order chi connectivity index (χ0) is 21.2. The predicted octanol–water partition coefficient (Wildman–Crippen LogP) is 1.15. The molecule has 2 aromatic heterocycles. The molecule has 0 aliphatic carbocycles. The Morgan fingerprint density at radius 3 is 2.97 bits per heavy atom. The summed E-state index contributed by atoms with van der Waals surface area (Å²) in [5.74, 6) is -0.537. The van der Waals surface area contributed by atoms with E-state index in [1.165, 1.54) is 17.8 Å². The van der Waals surface area contributed by atoms with Gasteiger partial charge >= 0.3 is 5.97 Å². The van der Waals surface area contributed by atoms with E-state index in [1.807, 2.05) is 19.9 Å². The average Bonchev–Trinajstić information content (AvgIpc) is 3.27. The Kier molecular flexibility index (Phi) is 5.81. The van der Waals surface area contributed by atoms with Crippen LogP contribution < -0.4 is 5.32 Å². The van der Waals surface area contributed by atoms with Crippen LogP contribution >= 0.6 is 0 Å². The molecule has 1 saturated heterocycles. The molecule has 1 fully saturated rings. The van der Waals surface area contributed by atoms with E-state index in [9.17, 15) is 20.0 Å². The van der Waals surface area contributed by atoms with Crippen molar-refractivity contribution in [2.75, 3.05) is 11.9 Å². The molecule has 4 atom stereocenters. The fourth-order valence-electron chi connectivity index (χ4n) is 3.24. The lowest BCUT2D eigenvalue weighted by Gasteiger charge is -2.24. The number of carbonyl (C=O) groups excluding carboxylic acids is 2. The number of hydrogen-bond acceptors (Lipinski definition) is 8. The Morgan fingerprint density at radius 2 is 2.31 bits per heavy atom. The highest BCUT2D eigenvalue weighted by molar-refractivity contribution is 5.94. The number of aliphatic hydroxyl groups excluding tert-OH is 1. The van der Waals surface area contributed by atoms with Crippen LogP contribution in [-0.2, 0) is 24.7 Å². The van der Waals surface area contributed by atoms with Gasteiger partial charge in [0.25, 0.3) is 0 Å². The molecule has 1 amide bonds. The molecule has 1 aliphatic heterocycles. The van der Waals surface area contributed by atoms with Gasteiger partial charge in [-0.3, -0.25) is 9.59 Å². The summed E-state index contributed by atoms with van der Waals surface area (Å²) in [6, 6.07) is 5.30. The Hall–Kier alpha value is -3.03. The minimum absolute atomic E-state index is 0.0652. The highest BCUT2D eigenvalue weighted by Crippen LogP contribution is 2.40. The molecular formula is C19H23N5O5. The standard InChI is InChI=1S/C19H23N5O5/c1-4-11(2)18(27)23-17-14-5-6-15(24(14)22-10-21-17)19(9-20)16(26)7-13(29-19)8-28-12(3)25/h5-6,10-11,13,16,26H,4,7-8H2,1-3H3,(H,21,22,23,27)/t11?,13-,16-,19+/m1/s1. The Labute approximate surface area is 167 Å². The lowest BCUT2D eigenvalue weighted by molar-refractivity contribution is -0.146. The molecule has 3 rings (SSSR count). The summed E-state index contributed by atoms with van der Waals surface area (Å²) in [4.78, 5) is 27.4. The molecule has 2 N–H and O–H groups in total. The third-order valence-corrected chi connectivity index (χ3v) is 5.08. The van der Waals surface area contributed by atoms with Crippen molar-refractivity contribution in [3.63, 3.8) is 0 Å². The van der Waals surface area contributed by atoms with Crippen LogP contribution in [0.2, 0.25) is 0 Å². The molecule has 0 aromatic carbocycles. The second kappa shape index (κ2) is 8.14. The second-order valence-corrected chi connectivity index (χ2v) is 7.06. The normalized spacial score (nSPS) is 24.8. The minimum Gasteiger partial charge on any atom is -0.463 e. The number of amides is 1. The van der Waals surface area contributed by atoms with Gasteiger partial charge in [-0.15, -0.1) is 0 Å². The number of hydrogen-bond donors (Lipinski definition) is 2. The summed E-state index contributed by atoms with van der Waals surface area (Å²) >= 11 is 0. The van der Waals surface area contributed by atoms with E-state index >= 15 is 0 Å². The molecule has 29 heavy (non-hydrogen) atoms. The molecule has 10 heteroatoms. The fraction of sp³-hybridized carbons (Fsp3) is 0.526. The monoisotopic (exact) mass is 401 g/mol. The SMILES string of the molecule is CCC(C)C(=O)Nc1ncnn2c([C@]3(C#N)O[C@@H](COC(C)=O)C[C@H]3O)ccc12. The maximum absolute atomic E-state index is 12.3. The van der Waals surface area contributed by atoms with Gasteiger partial charge in [0.2, 0.25) is 11.5 Å². The first-order chi connectivity index (χ1) is 13.8. The molecule has 1 unspecified atom stereocenters. The first kappa shape index (κ1) is 20.7. The Morgan fingerprint density at radius 1 is 1.55 bits per heavy atom. The first-order valence-corrected chi connectivity index (χ1v) is 9.37. The van der Waals surface area contributed by atoms with Crippen LogP contribution in [-0.4, -0.2) is 50.4 Å². The van der Waals surface area contributed by atoms with E-state index in [0.717, 1.165) is 0 Å². The number of rotatable bonds is 6. The molecule has 154 valence electrons. The van der Waals surface area contributed by atoms with E-state index in [1.54, 1.807) is 12.1 Å². The van der Waals surface area contributed by atoms with Crippen LogP contribution in [0.5, 0.6) is 0 Å². The van der Waals surface area contributed by atoms with E-state index in [2.05, 4.69) is 15.4 Å². The van der Waals surface area contributed by atoms with Crippen molar-refractivity contribution >= 4 is 23.2 Å². The molecule has 1 aliphatic rings. The number of aliphatic hydroxyl groups is 1. The number of aromatic nitrogens is 3. The first-order valence-electron chi connectivity index (χ1n) is 9.37. The molecule has 0 saturated carbocycles. The molecule has 0 radical (unpaired) electrons. The minimum atomic E-state index is -1.69. The third-order valence-electron chi connectivity index (χ3n) is 5.08. The predicted molar refractivity (Wildman–Crippen MR) is 100 cm³/mol. The zero-order valence-electron chi connectivity index (χ0n) is 16.5. The van der Waals surface area contributed by atoms with Crippen molar-refractivity contribution in [3.05, 3.63) is 24.2 Å². The van der Waals surface area contributed by atoms with E-state index < -0.39 is 23.8 Å². The summed E-state index contributed by atoms with van der Waals surface area (Å²) in [5, 5.41) is 27.4. The summed E-state index contributed by atoms with van der Waals surface area (Å²) in [5.41, 5.74) is -0.925. The second-order valence-electron chi connectivity index (χ2n) is 7.06. The molecular weight excluding hydrogens is 378 g/mol. The molecule has 10 nitrogen and oxygen atoms in total. The molecule has 2 aromatic rings. The van der Waals surface area contributed by atoms with Gasteiger partial charge < -0.3 is 19.9 Å². The van der Waals surface area contributed by atoms with Crippen LogP contribution in [0.15, 0.2) is 18.5 Å². The van der Waals surface area contributed by atoms with Crippen molar-refractivity contribution < 1.29 is 24.2 Å². The Balaban J connectivity index is 1.95. The average molecular weight is 401 g/mol. The largest absolute Gasteiger partial charge is 0.463 e. The van der Waals surface area contributed by atoms with Crippen LogP contribution in [0.4, 0.5) is 5.82 Å². The summed E-state index contributed by atoms with van der Waals surface area (Å²) in [6.07, 6.45) is 0.271. The number of anilines is 1. The van der Waals surface area contributed by atoms with Gasteiger partial charge in [0.1, 0.15) is 30.6 Å². The summed E-state index contributed by atoms with van der Waals surface area (Å²) < 4.78 is 12.2. The van der Waals surface area contributed by atoms with Gasteiger partial charge in [-0.05, 0) is 18.6 Å². The maximum atomic E-state index is 12.3. The number of nitrogens with one attached hydrogen (secondary N) is 1. The van der Waals surface area contributed by atoms with Gasteiger partial charge in [0, 0.05) is 19.3 Å². The van der Waals surface area contributed by atoms with Crippen LogP contribution in [0.1, 0.15) is 39.3 Å². The summed E-state index contributed by atoms with van der Waals surface area (Å²) in [7, 11) is 0. The van der Waals surface area contributed by atoms with E-state index in [0.29, 0.717) is 23.4 Å². The van der Waals surface area contributed by atoms with Crippen molar-refractivity contribution in [1.82, 2.24) is 14.6 Å². The molecule has 0 spiro atoms. The molecule has 3 heterocycles. The Bertz CT molecular complexity index is 968. The van der Waals surface area contributed by atoms with Crippen LogP contribution in [0.3, 0.4) is 0 Å². The molecule has 0 bridgehead atoms. The zero-order valence-corrected chi connectivity index (χ0v) is 16.5. The highest BCUT2D eigenvalue weighted by atomic mass is 16.6. The topological polar surface area (TPSA) is 139 Å². The highest BCUT2D eigenvalue weighted by Gasteiger charge is 2.52.